The molecule has 0 atom stereocenters. The quantitative estimate of drug-likeness (QED) is 0.787. The fourth-order valence-electron chi connectivity index (χ4n) is 2.73. The van der Waals surface area contributed by atoms with Gasteiger partial charge in [-0.1, -0.05) is 0 Å². The number of rotatable bonds is 2. The molecule has 104 valence electrons. The van der Waals surface area contributed by atoms with Gasteiger partial charge in [-0.15, -0.1) is 24.8 Å². The van der Waals surface area contributed by atoms with Gasteiger partial charge in [0, 0.05) is 0 Å². The molecule has 2 rings (SSSR count). The van der Waals surface area contributed by atoms with Crippen molar-refractivity contribution in [1.82, 2.24) is 4.98 Å². The van der Waals surface area contributed by atoms with E-state index in [1.807, 2.05) is 0 Å². The summed E-state index contributed by atoms with van der Waals surface area (Å²) in [5, 5.41) is 10.1. The van der Waals surface area contributed by atoms with Crippen LogP contribution in [0.1, 0.15) is 6.42 Å². The van der Waals surface area contributed by atoms with Crippen molar-refractivity contribution < 1.29 is 11.5 Å². The summed E-state index contributed by atoms with van der Waals surface area (Å²) in [6.07, 6.45) is 9.97. The molecule has 1 aromatic heterocycles. The number of nitrogens with one attached hydrogen (secondary N) is 1. The normalized spacial score (nSPS) is 20.4. The van der Waals surface area contributed by atoms with Gasteiger partial charge in [0.25, 0.3) is 0 Å². The molecule has 18 heavy (non-hydrogen) atoms. The van der Waals surface area contributed by atoms with Crippen LogP contribution in [0.2, 0.25) is 20.9 Å². The van der Waals surface area contributed by atoms with Crippen molar-refractivity contribution in [2.24, 2.45) is 0 Å². The summed E-state index contributed by atoms with van der Waals surface area (Å²) in [7, 11) is 2.24. The summed E-state index contributed by atoms with van der Waals surface area (Å²) in [6.45, 7) is 0. The number of halogens is 2. The van der Waals surface area contributed by atoms with E-state index in [1.165, 1.54) is 4.00 Å². The van der Waals surface area contributed by atoms with E-state index in [0.29, 0.717) is 0 Å². The second-order valence-electron chi connectivity index (χ2n) is 9.30. The molecule has 1 aromatic rings. The van der Waals surface area contributed by atoms with Crippen LogP contribution in [0.5, 0.6) is 0 Å². The Morgan fingerprint density at radius 3 is 2.17 bits per heavy atom. The minimum atomic E-state index is -3.71. The fourth-order valence-corrected chi connectivity index (χ4v) is 11.4. The molecule has 5 heteroatoms. The molecule has 0 unspecified atom stereocenters. The third-order valence-electron chi connectivity index (χ3n) is 4.44. The van der Waals surface area contributed by atoms with Gasteiger partial charge in [-0.05, 0) is 0 Å². The van der Waals surface area contributed by atoms with Gasteiger partial charge in [-0.3, -0.25) is 0 Å². The summed E-state index contributed by atoms with van der Waals surface area (Å²) in [5.74, 6) is 0. The first-order valence-electron chi connectivity index (χ1n) is 6.06. The predicted octanol–water partition coefficient (Wildman–Crippen LogP) is 3.83. The number of hydrogen-bond acceptors (Lipinski definition) is 0. The molecule has 1 N–H and O–H groups in total. The first-order valence-corrected chi connectivity index (χ1v) is 17.9. The molecule has 0 aliphatic heterocycles. The number of aromatic amines is 1. The Labute approximate surface area is 120 Å². The maximum atomic E-state index is 3.49. The van der Waals surface area contributed by atoms with Crippen LogP contribution in [0, 0.1) is 0 Å². The second-order valence-corrected chi connectivity index (χ2v) is 47.2. The maximum absolute atomic E-state index is 3.71. The van der Waals surface area contributed by atoms with E-state index < -0.39 is 11.5 Å². The van der Waals surface area contributed by atoms with Crippen molar-refractivity contribution in [2.75, 3.05) is 0 Å². The summed E-state index contributed by atoms with van der Waals surface area (Å²) in [4.78, 5) is 3.49. The fraction of sp³-hybridized carbons (Fsp3) is 0.385. The third-order valence-corrected chi connectivity index (χ3v) is 18.6. The van der Waals surface area contributed by atoms with Crippen molar-refractivity contribution in [2.45, 2.75) is 27.3 Å². The molecule has 0 spiro atoms. The minimum absolute atomic E-state index is 0. The molecule has 0 radical (unpaired) electrons. The molecule has 1 aliphatic carbocycles. The van der Waals surface area contributed by atoms with Gasteiger partial charge in [0.1, 0.15) is 0 Å². The summed E-state index contributed by atoms with van der Waals surface area (Å²) in [6, 6.07) is 4.39. The van der Waals surface area contributed by atoms with Crippen LogP contribution in [-0.2, 0) is 11.5 Å². The Balaban J connectivity index is 0.00000144. The van der Waals surface area contributed by atoms with Crippen LogP contribution in [0.4, 0.5) is 0 Å². The number of H-pyrrole nitrogens is 1. The van der Waals surface area contributed by atoms with Crippen LogP contribution in [0.3, 0.4) is 0 Å². The van der Waals surface area contributed by atoms with Crippen molar-refractivity contribution in [3.8, 4) is 0 Å². The van der Waals surface area contributed by atoms with Crippen molar-refractivity contribution >= 4 is 36.4 Å². The average Bonchev–Trinajstić information content (AvgIpc) is 2.76. The Hall–Kier alpha value is 0.271. The molecule has 0 saturated heterocycles. The van der Waals surface area contributed by atoms with Gasteiger partial charge in [-0.25, -0.2) is 0 Å². The first-order chi connectivity index (χ1) is 6.96. The van der Waals surface area contributed by atoms with Crippen LogP contribution in [0.25, 0.3) is 0 Å². The van der Waals surface area contributed by atoms with E-state index >= 15 is 0 Å². The van der Waals surface area contributed by atoms with E-state index in [-0.39, 0.29) is 24.8 Å². The standard InChI is InChI=1S/C5H5.C4H4N.4CH3.2ClH.H2Si.Ti/c2*1-2-4-5-3-1;;;;;;;;/h1-3H,4H2;1-3,5H;4*1H3;2*1H;1H2;. The van der Waals surface area contributed by atoms with Crippen LogP contribution < -0.4 is 4.00 Å². The van der Waals surface area contributed by atoms with E-state index in [0.717, 1.165) is 6.42 Å². The topological polar surface area (TPSA) is 15.8 Å². The predicted molar refractivity (Wildman–Crippen MR) is 88.8 cm³/mol. The summed E-state index contributed by atoms with van der Waals surface area (Å²) >= 11 is -3.71. The molecule has 0 aromatic carbocycles. The average molecular weight is 342 g/mol. The zero-order valence-electron chi connectivity index (χ0n) is 11.7. The van der Waals surface area contributed by atoms with Gasteiger partial charge in [0.15, 0.2) is 0 Å². The number of allylic oxidation sites excluding steroid dienone is 4. The summed E-state index contributed by atoms with van der Waals surface area (Å²) in [5.41, 5.74) is 0. The Morgan fingerprint density at radius 2 is 1.78 bits per heavy atom. The molecule has 0 amide bonds. The van der Waals surface area contributed by atoms with Crippen LogP contribution >= 0.6 is 24.8 Å². The third kappa shape index (κ3) is 2.59. The van der Waals surface area contributed by atoms with Crippen LogP contribution in [0.15, 0.2) is 40.4 Å². The zero-order chi connectivity index (χ0) is 12.2. The molecular weight excluding hydrogens is 317 g/mol. The molecule has 0 saturated carbocycles. The Bertz CT molecular complexity index is 611. The molecule has 1 nitrogen and oxygen atoms in total. The Morgan fingerprint density at radius 1 is 1.17 bits per heavy atom. The van der Waals surface area contributed by atoms with Crippen molar-refractivity contribution in [3.05, 3.63) is 40.4 Å². The van der Waals surface area contributed by atoms with Gasteiger partial charge >= 0.3 is 95.9 Å². The number of hydrogen-bond donors (Lipinski definition) is 1. The van der Waals surface area contributed by atoms with E-state index in [1.54, 1.807) is 3.88 Å². The van der Waals surface area contributed by atoms with Gasteiger partial charge in [-0.2, -0.15) is 0 Å². The van der Waals surface area contributed by atoms with Crippen molar-refractivity contribution in [3.63, 3.8) is 0 Å². The van der Waals surface area contributed by atoms with Gasteiger partial charge < -0.3 is 0 Å². The second kappa shape index (κ2) is 3.68. The van der Waals surface area contributed by atoms with E-state index in [2.05, 4.69) is 70.1 Å². The number of aromatic nitrogens is 1. The first kappa shape index (κ1) is 18.3. The Kier molecular flexibility index (Phi) is 3.73. The SMILES string of the molecule is Cl.Cl.[CH3][Ti]([CH3])([CH3])([CH3])(=[SiH2])([C]1=CC=CC1)[c]1ccc[nH]1. The van der Waals surface area contributed by atoms with Crippen LogP contribution in [-0.4, -0.2) is 12.6 Å². The van der Waals surface area contributed by atoms with E-state index in [9.17, 15) is 0 Å². The van der Waals surface area contributed by atoms with Gasteiger partial charge in [0.05, 0.1) is 0 Å². The van der Waals surface area contributed by atoms with Gasteiger partial charge in [0.2, 0.25) is 0 Å². The summed E-state index contributed by atoms with van der Waals surface area (Å²) < 4.78 is 3.06. The monoisotopic (exact) mass is 341 g/mol. The van der Waals surface area contributed by atoms with E-state index in [4.69, 9.17) is 0 Å². The zero-order valence-corrected chi connectivity index (χ0v) is 16.3. The molecule has 0 fully saturated rings. The van der Waals surface area contributed by atoms with Crippen molar-refractivity contribution in [1.29, 1.82) is 0 Å². The molecule has 1 aliphatic rings. The molecule has 0 bridgehead atoms. The molecular formula is C13H25Cl2NSiTi. The molecule has 1 heterocycles.